The van der Waals surface area contributed by atoms with Crippen molar-refractivity contribution in [3.63, 3.8) is 0 Å². The Balaban J connectivity index is 1.35. The number of thiazole rings is 1. The number of aromatic nitrogens is 1. The second kappa shape index (κ2) is 8.06. The molecule has 1 aromatic heterocycles. The molecule has 1 N–H and O–H groups in total. The van der Waals surface area contributed by atoms with Gasteiger partial charge in [-0.1, -0.05) is 42.5 Å². The van der Waals surface area contributed by atoms with Crippen LogP contribution in [-0.4, -0.2) is 41.2 Å². The van der Waals surface area contributed by atoms with Crippen LogP contribution in [0.15, 0.2) is 60.0 Å². The summed E-state index contributed by atoms with van der Waals surface area (Å²) < 4.78 is 0. The Morgan fingerprint density at radius 3 is 2.56 bits per heavy atom. The molecule has 1 aliphatic heterocycles. The van der Waals surface area contributed by atoms with Crippen LogP contribution >= 0.6 is 23.6 Å². The Kier molecular flexibility index (Phi) is 5.36. The average molecular weight is 395 g/mol. The molecule has 1 saturated heterocycles. The molecule has 4 rings (SSSR count). The van der Waals surface area contributed by atoms with Crippen LogP contribution in [0.5, 0.6) is 0 Å². The van der Waals surface area contributed by atoms with Gasteiger partial charge < -0.3 is 15.1 Å². The van der Waals surface area contributed by atoms with Gasteiger partial charge in [0.15, 0.2) is 10.2 Å². The Morgan fingerprint density at radius 2 is 1.81 bits per heavy atom. The monoisotopic (exact) mass is 394 g/mol. The molecule has 0 bridgehead atoms. The van der Waals surface area contributed by atoms with Crippen LogP contribution < -0.4 is 10.2 Å². The molecule has 27 heavy (non-hydrogen) atoms. The Morgan fingerprint density at radius 1 is 1.04 bits per heavy atom. The summed E-state index contributed by atoms with van der Waals surface area (Å²) in [6, 6.07) is 18.6. The fourth-order valence-electron chi connectivity index (χ4n) is 3.18. The minimum atomic E-state index is 0.796. The summed E-state index contributed by atoms with van der Waals surface area (Å²) in [6.07, 6.45) is 0. The van der Waals surface area contributed by atoms with E-state index in [0.29, 0.717) is 0 Å². The van der Waals surface area contributed by atoms with E-state index in [9.17, 15) is 0 Å². The number of hydrogen-bond acceptors (Lipinski definition) is 4. The molecule has 2 aromatic carbocycles. The molecule has 0 atom stereocenters. The molecule has 3 aromatic rings. The third kappa shape index (κ3) is 4.28. The zero-order valence-corrected chi connectivity index (χ0v) is 16.9. The molecule has 6 heteroatoms. The van der Waals surface area contributed by atoms with E-state index in [4.69, 9.17) is 17.2 Å². The highest BCUT2D eigenvalue weighted by Gasteiger charge is 2.21. The first kappa shape index (κ1) is 17.9. The average Bonchev–Trinajstić information content (AvgIpc) is 3.19. The van der Waals surface area contributed by atoms with Gasteiger partial charge in [0, 0.05) is 42.8 Å². The molecular weight excluding hydrogens is 372 g/mol. The number of piperazine rings is 1. The maximum absolute atomic E-state index is 5.61. The van der Waals surface area contributed by atoms with E-state index in [2.05, 4.69) is 69.9 Å². The maximum Gasteiger partial charge on any atom is 0.185 e. The summed E-state index contributed by atoms with van der Waals surface area (Å²) in [5.41, 5.74) is 4.50. The SMILES string of the molecule is Cc1cccc(NC(=S)N2CCN(c3nc(-c4ccccc4)cs3)CC2)c1. The van der Waals surface area contributed by atoms with Crippen molar-refractivity contribution in [3.05, 3.63) is 65.5 Å². The molecule has 0 spiro atoms. The summed E-state index contributed by atoms with van der Waals surface area (Å²) in [6.45, 7) is 5.75. The van der Waals surface area contributed by atoms with Gasteiger partial charge in [-0.05, 0) is 36.8 Å². The van der Waals surface area contributed by atoms with Crippen LogP contribution in [0.2, 0.25) is 0 Å². The van der Waals surface area contributed by atoms with Gasteiger partial charge in [-0.15, -0.1) is 11.3 Å². The van der Waals surface area contributed by atoms with E-state index in [1.807, 2.05) is 12.1 Å². The van der Waals surface area contributed by atoms with Gasteiger partial charge in [-0.2, -0.15) is 0 Å². The lowest BCUT2D eigenvalue weighted by Gasteiger charge is -2.36. The van der Waals surface area contributed by atoms with Crippen LogP contribution in [0.4, 0.5) is 10.8 Å². The molecule has 0 radical (unpaired) electrons. The van der Waals surface area contributed by atoms with Crippen LogP contribution in [0.3, 0.4) is 0 Å². The normalized spacial score (nSPS) is 14.3. The van der Waals surface area contributed by atoms with E-state index in [1.165, 1.54) is 11.1 Å². The molecule has 138 valence electrons. The van der Waals surface area contributed by atoms with Crippen molar-refractivity contribution in [2.45, 2.75) is 6.92 Å². The van der Waals surface area contributed by atoms with Crippen LogP contribution in [0, 0.1) is 6.92 Å². The van der Waals surface area contributed by atoms with Crippen molar-refractivity contribution in [2.75, 3.05) is 36.4 Å². The van der Waals surface area contributed by atoms with Crippen molar-refractivity contribution >= 4 is 39.5 Å². The smallest absolute Gasteiger partial charge is 0.185 e. The van der Waals surface area contributed by atoms with Crippen LogP contribution in [0.1, 0.15) is 5.56 Å². The molecule has 0 amide bonds. The van der Waals surface area contributed by atoms with Crippen molar-refractivity contribution in [2.24, 2.45) is 0 Å². The molecular formula is C21H22N4S2. The van der Waals surface area contributed by atoms with Gasteiger partial charge in [0.25, 0.3) is 0 Å². The molecule has 0 unspecified atom stereocenters. The summed E-state index contributed by atoms with van der Waals surface area (Å²) in [7, 11) is 0. The molecule has 0 aliphatic carbocycles. The van der Waals surface area contributed by atoms with E-state index >= 15 is 0 Å². The molecule has 2 heterocycles. The van der Waals surface area contributed by atoms with Crippen molar-refractivity contribution in [1.29, 1.82) is 0 Å². The third-order valence-corrected chi connectivity index (χ3v) is 5.93. The maximum atomic E-state index is 5.61. The van der Waals surface area contributed by atoms with Crippen molar-refractivity contribution in [1.82, 2.24) is 9.88 Å². The number of anilines is 2. The predicted octanol–water partition coefficient (Wildman–Crippen LogP) is 4.64. The highest BCUT2D eigenvalue weighted by molar-refractivity contribution is 7.80. The van der Waals surface area contributed by atoms with E-state index in [-0.39, 0.29) is 0 Å². The second-order valence-corrected chi connectivity index (χ2v) is 7.88. The van der Waals surface area contributed by atoms with Gasteiger partial charge in [0.1, 0.15) is 0 Å². The number of thiocarbonyl (C=S) groups is 1. The standard InChI is InChI=1S/C21H22N4S2/c1-16-6-5-9-18(14-16)22-20(26)24-10-12-25(13-11-24)21-23-19(15-27-21)17-7-3-2-4-8-17/h2-9,14-15H,10-13H2,1H3,(H,22,26). The molecule has 1 fully saturated rings. The highest BCUT2D eigenvalue weighted by atomic mass is 32.1. The quantitative estimate of drug-likeness (QED) is 0.654. The van der Waals surface area contributed by atoms with E-state index in [1.54, 1.807) is 11.3 Å². The largest absolute Gasteiger partial charge is 0.345 e. The molecule has 0 saturated carbocycles. The zero-order valence-electron chi connectivity index (χ0n) is 15.3. The Bertz CT molecular complexity index is 915. The fraction of sp³-hybridized carbons (Fsp3) is 0.238. The molecule has 1 aliphatic rings. The summed E-state index contributed by atoms with van der Waals surface area (Å²) in [4.78, 5) is 9.42. The predicted molar refractivity (Wildman–Crippen MR) is 119 cm³/mol. The number of hydrogen-bond donors (Lipinski definition) is 1. The van der Waals surface area contributed by atoms with Crippen molar-refractivity contribution in [3.8, 4) is 11.3 Å². The van der Waals surface area contributed by atoms with Gasteiger partial charge in [-0.3, -0.25) is 0 Å². The topological polar surface area (TPSA) is 31.4 Å². The lowest BCUT2D eigenvalue weighted by Crippen LogP contribution is -2.50. The van der Waals surface area contributed by atoms with Crippen LogP contribution in [-0.2, 0) is 0 Å². The number of nitrogens with zero attached hydrogens (tertiary/aromatic N) is 3. The first-order valence-electron chi connectivity index (χ1n) is 9.07. The van der Waals surface area contributed by atoms with Gasteiger partial charge >= 0.3 is 0 Å². The molecule has 4 nitrogen and oxygen atoms in total. The van der Waals surface area contributed by atoms with E-state index < -0.39 is 0 Å². The first-order valence-corrected chi connectivity index (χ1v) is 10.4. The minimum Gasteiger partial charge on any atom is -0.345 e. The number of aryl methyl sites for hydroxylation is 1. The van der Waals surface area contributed by atoms with Gasteiger partial charge in [0.05, 0.1) is 5.69 Å². The number of nitrogens with one attached hydrogen (secondary N) is 1. The van der Waals surface area contributed by atoms with Gasteiger partial charge in [-0.25, -0.2) is 4.98 Å². The zero-order chi connectivity index (χ0) is 18.6. The lowest BCUT2D eigenvalue weighted by molar-refractivity contribution is 0.390. The summed E-state index contributed by atoms with van der Waals surface area (Å²) in [5, 5.41) is 7.38. The van der Waals surface area contributed by atoms with Crippen molar-refractivity contribution < 1.29 is 0 Å². The number of benzene rings is 2. The summed E-state index contributed by atoms with van der Waals surface area (Å²) >= 11 is 7.32. The fourth-order valence-corrected chi connectivity index (χ4v) is 4.37. The van der Waals surface area contributed by atoms with Crippen LogP contribution in [0.25, 0.3) is 11.3 Å². The number of rotatable bonds is 3. The third-order valence-electron chi connectivity index (χ3n) is 4.67. The highest BCUT2D eigenvalue weighted by Crippen LogP contribution is 2.28. The second-order valence-electron chi connectivity index (χ2n) is 6.66. The van der Waals surface area contributed by atoms with E-state index in [0.717, 1.165) is 47.8 Å². The minimum absolute atomic E-state index is 0.796. The van der Waals surface area contributed by atoms with Gasteiger partial charge in [0.2, 0.25) is 0 Å². The lowest BCUT2D eigenvalue weighted by atomic mass is 10.2. The Labute approximate surface area is 169 Å². The first-order chi connectivity index (χ1) is 13.2. The Hall–Kier alpha value is -2.44. The summed E-state index contributed by atoms with van der Waals surface area (Å²) in [5.74, 6) is 0.